The number of aromatic nitrogens is 2. The van der Waals surface area contributed by atoms with Gasteiger partial charge in [-0.2, -0.15) is 0 Å². The molecule has 0 aliphatic carbocycles. The Kier molecular flexibility index (Phi) is 2.91. The third-order valence-corrected chi connectivity index (χ3v) is 2.41. The van der Waals surface area contributed by atoms with Crippen LogP contribution in [-0.2, 0) is 4.74 Å². The van der Waals surface area contributed by atoms with Crippen molar-refractivity contribution >= 4 is 22.8 Å². The molecule has 0 aliphatic rings. The molecule has 88 valence electrons. The molecule has 0 amide bonds. The summed E-state index contributed by atoms with van der Waals surface area (Å²) in [6.07, 6.45) is 1.48. The molecule has 17 heavy (non-hydrogen) atoms. The van der Waals surface area contributed by atoms with E-state index in [4.69, 9.17) is 10.5 Å². The Bertz CT molecular complexity index is 581. The molecule has 5 heteroatoms. The molecule has 2 rings (SSSR count). The van der Waals surface area contributed by atoms with Gasteiger partial charge in [0.15, 0.2) is 0 Å². The summed E-state index contributed by atoms with van der Waals surface area (Å²) in [6, 6.07) is 3.47. The van der Waals surface area contributed by atoms with E-state index in [9.17, 15) is 4.79 Å². The van der Waals surface area contributed by atoms with E-state index in [0.29, 0.717) is 29.0 Å². The monoisotopic (exact) mass is 231 g/mol. The standard InChI is InChI=1S/C12H13N3O2/c1-3-17-12(16)8-5-10-9(14-6-8)4-7(2)11(13)15-10/h4-6H,3H2,1-2H3,(H2,13,15). The van der Waals surface area contributed by atoms with Crippen LogP contribution in [0.2, 0.25) is 0 Å². The Labute approximate surface area is 98.6 Å². The predicted octanol–water partition coefficient (Wildman–Crippen LogP) is 1.70. The van der Waals surface area contributed by atoms with Crippen molar-refractivity contribution in [2.75, 3.05) is 12.3 Å². The highest BCUT2D eigenvalue weighted by Crippen LogP contribution is 2.17. The topological polar surface area (TPSA) is 78.1 Å². The van der Waals surface area contributed by atoms with Gasteiger partial charge in [-0.3, -0.25) is 4.98 Å². The normalized spacial score (nSPS) is 10.5. The average molecular weight is 231 g/mol. The minimum atomic E-state index is -0.400. The van der Waals surface area contributed by atoms with E-state index in [1.807, 2.05) is 13.0 Å². The van der Waals surface area contributed by atoms with E-state index in [1.54, 1.807) is 13.0 Å². The lowest BCUT2D eigenvalue weighted by atomic mass is 10.2. The molecule has 0 fully saturated rings. The molecule has 0 spiro atoms. The van der Waals surface area contributed by atoms with Crippen molar-refractivity contribution in [3.63, 3.8) is 0 Å². The van der Waals surface area contributed by atoms with Gasteiger partial charge in [0.1, 0.15) is 5.82 Å². The molecule has 0 saturated carbocycles. The number of pyridine rings is 2. The predicted molar refractivity (Wildman–Crippen MR) is 64.6 cm³/mol. The van der Waals surface area contributed by atoms with Gasteiger partial charge in [-0.05, 0) is 31.5 Å². The molecule has 2 N–H and O–H groups in total. The van der Waals surface area contributed by atoms with Crippen LogP contribution in [-0.4, -0.2) is 22.5 Å². The molecule has 0 aromatic carbocycles. The number of carbonyl (C=O) groups is 1. The molecule has 5 nitrogen and oxygen atoms in total. The highest BCUT2D eigenvalue weighted by atomic mass is 16.5. The minimum absolute atomic E-state index is 0.334. The van der Waals surface area contributed by atoms with Crippen molar-refractivity contribution in [2.45, 2.75) is 13.8 Å². The average Bonchev–Trinajstić information content (AvgIpc) is 2.30. The van der Waals surface area contributed by atoms with Gasteiger partial charge in [0.2, 0.25) is 0 Å². The Morgan fingerprint density at radius 1 is 1.41 bits per heavy atom. The zero-order chi connectivity index (χ0) is 12.4. The van der Waals surface area contributed by atoms with Crippen LogP contribution in [0.1, 0.15) is 22.8 Å². The van der Waals surface area contributed by atoms with Crippen molar-refractivity contribution in [1.82, 2.24) is 9.97 Å². The van der Waals surface area contributed by atoms with Crippen molar-refractivity contribution in [3.8, 4) is 0 Å². The summed E-state index contributed by atoms with van der Waals surface area (Å²) >= 11 is 0. The largest absolute Gasteiger partial charge is 0.462 e. The van der Waals surface area contributed by atoms with Crippen LogP contribution in [0.15, 0.2) is 18.3 Å². The van der Waals surface area contributed by atoms with Gasteiger partial charge in [-0.1, -0.05) is 0 Å². The summed E-state index contributed by atoms with van der Waals surface area (Å²) in [5, 5.41) is 0. The maximum Gasteiger partial charge on any atom is 0.339 e. The summed E-state index contributed by atoms with van der Waals surface area (Å²) in [6.45, 7) is 3.95. The molecule has 2 heterocycles. The Morgan fingerprint density at radius 2 is 2.18 bits per heavy atom. The maximum absolute atomic E-state index is 11.5. The fourth-order valence-electron chi connectivity index (χ4n) is 1.49. The fraction of sp³-hybridized carbons (Fsp3) is 0.250. The summed E-state index contributed by atoms with van der Waals surface area (Å²) in [5.41, 5.74) is 8.28. The van der Waals surface area contributed by atoms with Crippen LogP contribution in [0, 0.1) is 6.92 Å². The number of fused-ring (bicyclic) bond motifs is 1. The number of carbonyl (C=O) groups excluding carboxylic acids is 1. The summed E-state index contributed by atoms with van der Waals surface area (Å²) in [5.74, 6) is 0.0446. The third-order valence-electron chi connectivity index (χ3n) is 2.41. The summed E-state index contributed by atoms with van der Waals surface area (Å²) < 4.78 is 4.89. The summed E-state index contributed by atoms with van der Waals surface area (Å²) in [7, 11) is 0. The Morgan fingerprint density at radius 3 is 2.88 bits per heavy atom. The molecule has 0 aliphatic heterocycles. The van der Waals surface area contributed by atoms with Crippen molar-refractivity contribution < 1.29 is 9.53 Å². The second-order valence-electron chi connectivity index (χ2n) is 3.67. The van der Waals surface area contributed by atoms with Gasteiger partial charge in [0.25, 0.3) is 0 Å². The number of hydrogen-bond donors (Lipinski definition) is 1. The number of nitrogens with two attached hydrogens (primary N) is 1. The van der Waals surface area contributed by atoms with Crippen LogP contribution in [0.25, 0.3) is 11.0 Å². The van der Waals surface area contributed by atoms with E-state index < -0.39 is 5.97 Å². The van der Waals surface area contributed by atoms with Crippen molar-refractivity contribution in [2.24, 2.45) is 0 Å². The van der Waals surface area contributed by atoms with Gasteiger partial charge in [0, 0.05) is 6.20 Å². The van der Waals surface area contributed by atoms with Crippen LogP contribution >= 0.6 is 0 Å². The highest BCUT2D eigenvalue weighted by Gasteiger charge is 2.09. The van der Waals surface area contributed by atoms with E-state index in [-0.39, 0.29) is 0 Å². The number of nitrogens with zero attached hydrogens (tertiary/aromatic N) is 2. The number of nitrogen functional groups attached to an aromatic ring is 1. The van der Waals surface area contributed by atoms with Gasteiger partial charge in [-0.15, -0.1) is 0 Å². The van der Waals surface area contributed by atoms with Crippen LogP contribution in [0.3, 0.4) is 0 Å². The number of esters is 1. The lowest BCUT2D eigenvalue weighted by Crippen LogP contribution is -2.05. The lowest BCUT2D eigenvalue weighted by Gasteiger charge is -2.04. The molecule has 0 saturated heterocycles. The van der Waals surface area contributed by atoms with E-state index in [2.05, 4.69) is 9.97 Å². The summed E-state index contributed by atoms with van der Waals surface area (Å²) in [4.78, 5) is 19.9. The number of aryl methyl sites for hydroxylation is 1. The molecule has 0 unspecified atom stereocenters. The Balaban J connectivity index is 2.50. The second-order valence-corrected chi connectivity index (χ2v) is 3.67. The van der Waals surface area contributed by atoms with Crippen LogP contribution in [0.5, 0.6) is 0 Å². The van der Waals surface area contributed by atoms with Crippen molar-refractivity contribution in [3.05, 3.63) is 29.5 Å². The maximum atomic E-state index is 11.5. The van der Waals surface area contributed by atoms with Gasteiger partial charge < -0.3 is 10.5 Å². The zero-order valence-corrected chi connectivity index (χ0v) is 9.73. The number of ether oxygens (including phenoxy) is 1. The van der Waals surface area contributed by atoms with E-state index in [0.717, 1.165) is 5.56 Å². The SMILES string of the molecule is CCOC(=O)c1cnc2cc(C)c(N)nc2c1. The lowest BCUT2D eigenvalue weighted by molar-refractivity contribution is 0.0526. The number of hydrogen-bond acceptors (Lipinski definition) is 5. The number of anilines is 1. The first-order valence-corrected chi connectivity index (χ1v) is 5.32. The fourth-order valence-corrected chi connectivity index (χ4v) is 1.49. The van der Waals surface area contributed by atoms with Gasteiger partial charge in [0.05, 0.1) is 23.2 Å². The van der Waals surface area contributed by atoms with Crippen LogP contribution in [0.4, 0.5) is 5.82 Å². The second kappa shape index (κ2) is 4.37. The number of rotatable bonds is 2. The molecule has 0 radical (unpaired) electrons. The minimum Gasteiger partial charge on any atom is -0.462 e. The third kappa shape index (κ3) is 2.18. The van der Waals surface area contributed by atoms with E-state index >= 15 is 0 Å². The zero-order valence-electron chi connectivity index (χ0n) is 9.73. The quantitative estimate of drug-likeness (QED) is 0.796. The molecule has 2 aromatic rings. The first kappa shape index (κ1) is 11.3. The first-order chi connectivity index (χ1) is 8.11. The smallest absolute Gasteiger partial charge is 0.339 e. The molecular weight excluding hydrogens is 218 g/mol. The van der Waals surface area contributed by atoms with Crippen LogP contribution < -0.4 is 5.73 Å². The highest BCUT2D eigenvalue weighted by molar-refractivity contribution is 5.93. The van der Waals surface area contributed by atoms with E-state index in [1.165, 1.54) is 6.20 Å². The first-order valence-electron chi connectivity index (χ1n) is 5.32. The molecular formula is C12H13N3O2. The van der Waals surface area contributed by atoms with Crippen molar-refractivity contribution in [1.29, 1.82) is 0 Å². The van der Waals surface area contributed by atoms with Gasteiger partial charge in [-0.25, -0.2) is 9.78 Å². The molecule has 0 bridgehead atoms. The molecule has 0 atom stereocenters. The molecule has 2 aromatic heterocycles. The van der Waals surface area contributed by atoms with Gasteiger partial charge >= 0.3 is 5.97 Å². The Hall–Kier alpha value is -2.17.